The summed E-state index contributed by atoms with van der Waals surface area (Å²) >= 11 is 0. The van der Waals surface area contributed by atoms with Gasteiger partial charge in [-0.3, -0.25) is 19.8 Å². The Morgan fingerprint density at radius 2 is 1.80 bits per heavy atom. The Hall–Kier alpha value is -2.15. The molecule has 1 saturated carbocycles. The van der Waals surface area contributed by atoms with Gasteiger partial charge in [0.15, 0.2) is 0 Å². The molecule has 1 aliphatic heterocycles. The molecular weight excluding hydrogens is 320 g/mol. The zero-order chi connectivity index (χ0) is 18.0. The number of carbonyl (C=O) groups is 1. The van der Waals surface area contributed by atoms with E-state index in [-0.39, 0.29) is 11.3 Å². The van der Waals surface area contributed by atoms with Crippen molar-refractivity contribution < 1.29 is 9.72 Å². The number of hydrogen-bond acceptors (Lipinski definition) is 5. The van der Waals surface area contributed by atoms with Crippen LogP contribution in [0.15, 0.2) is 18.2 Å². The normalized spacial score (nSPS) is 24.9. The third kappa shape index (κ3) is 3.92. The average Bonchev–Trinajstić information content (AvgIpc) is 2.62. The van der Waals surface area contributed by atoms with E-state index in [1.165, 1.54) is 37.8 Å². The molecule has 1 saturated heterocycles. The van der Waals surface area contributed by atoms with Crippen LogP contribution >= 0.6 is 0 Å². The van der Waals surface area contributed by atoms with Gasteiger partial charge in [-0.15, -0.1) is 0 Å². The van der Waals surface area contributed by atoms with Gasteiger partial charge in [-0.2, -0.15) is 0 Å². The van der Waals surface area contributed by atoms with Gasteiger partial charge in [-0.05, 0) is 37.7 Å². The summed E-state index contributed by atoms with van der Waals surface area (Å²) in [6, 6.07) is 5.05. The molecule has 1 aromatic carbocycles. The van der Waals surface area contributed by atoms with E-state index in [4.69, 9.17) is 5.73 Å². The van der Waals surface area contributed by atoms with Gasteiger partial charge in [-0.25, -0.2) is 0 Å². The predicted molar refractivity (Wildman–Crippen MR) is 96.8 cm³/mol. The lowest BCUT2D eigenvalue weighted by molar-refractivity contribution is -0.384. The van der Waals surface area contributed by atoms with Crippen molar-refractivity contribution >= 4 is 17.3 Å². The zero-order valence-electron chi connectivity index (χ0n) is 14.7. The molecule has 7 nitrogen and oxygen atoms in total. The number of carbonyl (C=O) groups excluding carboxylic acids is 1. The van der Waals surface area contributed by atoms with Gasteiger partial charge in [0.05, 0.1) is 16.2 Å². The van der Waals surface area contributed by atoms with E-state index in [1.54, 1.807) is 6.07 Å². The van der Waals surface area contributed by atoms with E-state index in [1.807, 2.05) is 0 Å². The van der Waals surface area contributed by atoms with Crippen LogP contribution in [0.3, 0.4) is 0 Å². The molecule has 2 fully saturated rings. The lowest BCUT2D eigenvalue weighted by atomic mass is 9.86. The fourth-order valence-corrected chi connectivity index (χ4v) is 4.05. The van der Waals surface area contributed by atoms with E-state index < -0.39 is 10.8 Å². The highest BCUT2D eigenvalue weighted by Gasteiger charge is 2.28. The first-order chi connectivity index (χ1) is 12.0. The second-order valence-corrected chi connectivity index (χ2v) is 7.26. The molecule has 0 bridgehead atoms. The van der Waals surface area contributed by atoms with Crippen LogP contribution in [0.25, 0.3) is 0 Å². The number of anilines is 1. The Labute approximate surface area is 147 Å². The summed E-state index contributed by atoms with van der Waals surface area (Å²) in [5, 5.41) is 10.9. The first kappa shape index (κ1) is 17.7. The fourth-order valence-electron chi connectivity index (χ4n) is 4.05. The number of piperazine rings is 1. The van der Waals surface area contributed by atoms with Crippen molar-refractivity contribution in [3.63, 3.8) is 0 Å². The number of non-ortho nitro benzene ring substituents is 1. The molecular formula is C18H26N4O3. The van der Waals surface area contributed by atoms with Crippen molar-refractivity contribution in [1.82, 2.24) is 4.90 Å². The van der Waals surface area contributed by atoms with Gasteiger partial charge >= 0.3 is 0 Å². The molecule has 2 aliphatic rings. The smallest absolute Gasteiger partial charge is 0.270 e. The Morgan fingerprint density at radius 3 is 2.36 bits per heavy atom. The van der Waals surface area contributed by atoms with Crippen molar-refractivity contribution in [2.24, 2.45) is 11.7 Å². The van der Waals surface area contributed by atoms with Crippen LogP contribution in [0, 0.1) is 16.0 Å². The number of nitrogens with zero attached hydrogens (tertiary/aromatic N) is 3. The van der Waals surface area contributed by atoms with Crippen LogP contribution in [0.2, 0.25) is 0 Å². The highest BCUT2D eigenvalue weighted by Crippen LogP contribution is 2.30. The maximum Gasteiger partial charge on any atom is 0.270 e. The van der Waals surface area contributed by atoms with E-state index >= 15 is 0 Å². The Morgan fingerprint density at radius 1 is 1.16 bits per heavy atom. The molecule has 0 radical (unpaired) electrons. The average molecular weight is 346 g/mol. The largest absolute Gasteiger partial charge is 0.368 e. The predicted octanol–water partition coefficient (Wildman–Crippen LogP) is 2.39. The number of amides is 1. The maximum atomic E-state index is 11.7. The number of rotatable bonds is 4. The minimum absolute atomic E-state index is 0.104. The first-order valence-corrected chi connectivity index (χ1v) is 9.03. The molecule has 0 unspecified atom stereocenters. The lowest BCUT2D eigenvalue weighted by Gasteiger charge is -2.42. The van der Waals surface area contributed by atoms with Crippen molar-refractivity contribution in [1.29, 1.82) is 0 Å². The number of nitro benzene ring substituents is 1. The summed E-state index contributed by atoms with van der Waals surface area (Å²) in [6.07, 6.45) is 5.15. The van der Waals surface area contributed by atoms with E-state index in [0.29, 0.717) is 11.7 Å². The zero-order valence-corrected chi connectivity index (χ0v) is 14.7. The summed E-state index contributed by atoms with van der Waals surface area (Å²) in [4.78, 5) is 26.9. The van der Waals surface area contributed by atoms with Crippen LogP contribution in [0.4, 0.5) is 11.4 Å². The molecule has 2 N–H and O–H groups in total. The number of primary amides is 1. The van der Waals surface area contributed by atoms with E-state index in [9.17, 15) is 14.9 Å². The number of benzene rings is 1. The van der Waals surface area contributed by atoms with Gasteiger partial charge < -0.3 is 10.6 Å². The molecule has 1 amide bonds. The van der Waals surface area contributed by atoms with Gasteiger partial charge in [0, 0.05) is 44.4 Å². The van der Waals surface area contributed by atoms with E-state index in [0.717, 1.165) is 32.1 Å². The fraction of sp³-hybridized carbons (Fsp3) is 0.611. The topological polar surface area (TPSA) is 92.7 Å². The monoisotopic (exact) mass is 346 g/mol. The van der Waals surface area contributed by atoms with Crippen LogP contribution in [0.5, 0.6) is 0 Å². The SMILES string of the molecule is CC1CCC(N2CCN(c3ccc([N+](=O)[O-])cc3C(N)=O)CC2)CC1. The summed E-state index contributed by atoms with van der Waals surface area (Å²) < 4.78 is 0. The summed E-state index contributed by atoms with van der Waals surface area (Å²) in [6.45, 7) is 5.85. The Kier molecular flexibility index (Phi) is 5.22. The minimum Gasteiger partial charge on any atom is -0.368 e. The van der Waals surface area contributed by atoms with Crippen molar-refractivity contribution in [3.05, 3.63) is 33.9 Å². The number of nitrogens with two attached hydrogens (primary N) is 1. The second-order valence-electron chi connectivity index (χ2n) is 7.26. The van der Waals surface area contributed by atoms with Crippen LogP contribution in [-0.2, 0) is 0 Å². The second kappa shape index (κ2) is 7.39. The Balaban J connectivity index is 1.68. The molecule has 1 aromatic rings. The van der Waals surface area contributed by atoms with Gasteiger partial charge in [0.1, 0.15) is 0 Å². The van der Waals surface area contributed by atoms with Crippen molar-refractivity contribution in [3.8, 4) is 0 Å². The van der Waals surface area contributed by atoms with E-state index in [2.05, 4.69) is 16.7 Å². The number of hydrogen-bond donors (Lipinski definition) is 1. The van der Waals surface area contributed by atoms with Crippen LogP contribution < -0.4 is 10.6 Å². The lowest BCUT2D eigenvalue weighted by Crippen LogP contribution is -2.51. The summed E-state index contributed by atoms with van der Waals surface area (Å²) in [5.41, 5.74) is 6.28. The highest BCUT2D eigenvalue weighted by atomic mass is 16.6. The summed E-state index contributed by atoms with van der Waals surface area (Å²) in [5.74, 6) is 0.221. The Bertz CT molecular complexity index is 648. The molecule has 1 heterocycles. The third-order valence-corrected chi connectivity index (χ3v) is 5.61. The van der Waals surface area contributed by atoms with Gasteiger partial charge in [-0.1, -0.05) is 6.92 Å². The molecule has 136 valence electrons. The molecule has 3 rings (SSSR count). The molecule has 1 aliphatic carbocycles. The highest BCUT2D eigenvalue weighted by molar-refractivity contribution is 5.99. The third-order valence-electron chi connectivity index (χ3n) is 5.61. The first-order valence-electron chi connectivity index (χ1n) is 9.03. The van der Waals surface area contributed by atoms with Crippen molar-refractivity contribution in [2.75, 3.05) is 31.1 Å². The van der Waals surface area contributed by atoms with Gasteiger partial charge in [0.25, 0.3) is 11.6 Å². The molecule has 25 heavy (non-hydrogen) atoms. The van der Waals surface area contributed by atoms with Crippen LogP contribution in [0.1, 0.15) is 43.0 Å². The van der Waals surface area contributed by atoms with Gasteiger partial charge in [0.2, 0.25) is 0 Å². The maximum absolute atomic E-state index is 11.7. The molecule has 0 atom stereocenters. The quantitative estimate of drug-likeness (QED) is 0.667. The standard InChI is InChI=1S/C18H26N4O3/c1-13-2-4-14(5-3-13)20-8-10-21(11-9-20)17-7-6-15(22(24)25)12-16(17)18(19)23/h6-7,12-14H,2-5,8-11H2,1H3,(H2,19,23). The van der Waals surface area contributed by atoms with Crippen molar-refractivity contribution in [2.45, 2.75) is 38.6 Å². The number of nitro groups is 1. The molecule has 0 spiro atoms. The summed E-state index contributed by atoms with van der Waals surface area (Å²) in [7, 11) is 0. The molecule has 0 aromatic heterocycles. The minimum atomic E-state index is -0.623. The molecule has 7 heteroatoms. The van der Waals surface area contributed by atoms with Crippen LogP contribution in [-0.4, -0.2) is 48.0 Å².